The second-order valence-corrected chi connectivity index (χ2v) is 8.30. The zero-order valence-electron chi connectivity index (χ0n) is 19.2. The molecule has 0 spiro atoms. The Bertz CT molecular complexity index is 995. The van der Waals surface area contributed by atoms with E-state index in [1.807, 2.05) is 0 Å². The van der Waals surface area contributed by atoms with Crippen molar-refractivity contribution < 1.29 is 33.0 Å². The molecule has 0 saturated heterocycles. The number of halogens is 2. The lowest BCUT2D eigenvalue weighted by Crippen LogP contribution is -2.39. The Morgan fingerprint density at radius 1 is 1.12 bits per heavy atom. The van der Waals surface area contributed by atoms with Crippen LogP contribution in [0.15, 0.2) is 36.4 Å². The molecule has 0 aliphatic heterocycles. The molecule has 1 aliphatic carbocycles. The third-order valence-electron chi connectivity index (χ3n) is 5.83. The van der Waals surface area contributed by atoms with E-state index in [0.717, 1.165) is 43.5 Å². The van der Waals surface area contributed by atoms with Crippen LogP contribution < -0.4 is 15.0 Å². The summed E-state index contributed by atoms with van der Waals surface area (Å²) in [5.41, 5.74) is 1.25. The van der Waals surface area contributed by atoms with E-state index in [2.05, 4.69) is 10.2 Å². The van der Waals surface area contributed by atoms with Crippen molar-refractivity contribution in [3.05, 3.63) is 53.6 Å². The first-order chi connectivity index (χ1) is 16.4. The van der Waals surface area contributed by atoms with Gasteiger partial charge >= 0.3 is 5.97 Å². The molecule has 0 unspecified atom stereocenters. The van der Waals surface area contributed by atoms with Crippen molar-refractivity contribution in [2.75, 3.05) is 37.1 Å². The van der Waals surface area contributed by atoms with Crippen LogP contribution in [0.25, 0.3) is 0 Å². The fraction of sp³-hybridized carbons (Fsp3) is 0.440. The van der Waals surface area contributed by atoms with Crippen LogP contribution >= 0.6 is 0 Å². The van der Waals surface area contributed by atoms with Crippen molar-refractivity contribution >= 4 is 23.3 Å². The van der Waals surface area contributed by atoms with Crippen LogP contribution in [0.1, 0.15) is 37.7 Å². The molecule has 1 fully saturated rings. The van der Waals surface area contributed by atoms with Crippen LogP contribution in [0.3, 0.4) is 0 Å². The van der Waals surface area contributed by atoms with Gasteiger partial charge in [0.2, 0.25) is 5.91 Å². The molecular formula is C25H30F2N2O5. The van der Waals surface area contributed by atoms with Crippen molar-refractivity contribution in [3.63, 3.8) is 0 Å². The number of methoxy groups -OCH3 is 1. The summed E-state index contributed by atoms with van der Waals surface area (Å²) in [6.07, 6.45) is 5.14. The maximum Gasteiger partial charge on any atom is 0.341 e. The van der Waals surface area contributed by atoms with Crippen LogP contribution in [-0.2, 0) is 20.7 Å². The molecule has 0 bridgehead atoms. The molecule has 1 amide bonds. The molecule has 2 aromatic carbocycles. The zero-order chi connectivity index (χ0) is 24.5. The Labute approximate surface area is 197 Å². The maximum absolute atomic E-state index is 14.1. The molecule has 0 aromatic heterocycles. The molecule has 3 rings (SSSR count). The van der Waals surface area contributed by atoms with Gasteiger partial charge in [0.1, 0.15) is 17.4 Å². The molecule has 0 radical (unpaired) electrons. The highest BCUT2D eigenvalue weighted by molar-refractivity contribution is 5.96. The van der Waals surface area contributed by atoms with E-state index in [-0.39, 0.29) is 23.8 Å². The second-order valence-electron chi connectivity index (χ2n) is 8.30. The Morgan fingerprint density at radius 3 is 2.56 bits per heavy atom. The summed E-state index contributed by atoms with van der Waals surface area (Å²) < 4.78 is 37.9. The lowest BCUT2D eigenvalue weighted by Gasteiger charge is -2.37. The van der Waals surface area contributed by atoms with Crippen LogP contribution in [-0.4, -0.2) is 49.9 Å². The highest BCUT2D eigenvalue weighted by Gasteiger charge is 2.24. The first-order valence-electron chi connectivity index (χ1n) is 11.4. The number of hydrogen-bond donors (Lipinski definition) is 2. The second kappa shape index (κ2) is 12.3. The normalized spacial score (nSPS) is 14.0. The molecule has 1 saturated carbocycles. The van der Waals surface area contributed by atoms with Crippen molar-refractivity contribution in [2.24, 2.45) is 0 Å². The van der Waals surface area contributed by atoms with Gasteiger partial charge in [0.15, 0.2) is 6.61 Å². The van der Waals surface area contributed by atoms with Crippen LogP contribution in [0.2, 0.25) is 0 Å². The van der Waals surface area contributed by atoms with Gasteiger partial charge in [0.05, 0.1) is 24.4 Å². The highest BCUT2D eigenvalue weighted by atomic mass is 19.1. The number of ether oxygens (including phenoxy) is 2. The van der Waals surface area contributed by atoms with Gasteiger partial charge in [0.25, 0.3) is 0 Å². The quantitative estimate of drug-likeness (QED) is 0.500. The molecule has 2 aromatic rings. The third-order valence-corrected chi connectivity index (χ3v) is 5.83. The molecule has 2 N–H and O–H groups in total. The van der Waals surface area contributed by atoms with Gasteiger partial charge in [-0.1, -0.05) is 25.3 Å². The van der Waals surface area contributed by atoms with E-state index in [4.69, 9.17) is 14.6 Å². The van der Waals surface area contributed by atoms with Gasteiger partial charge in [-0.3, -0.25) is 4.79 Å². The molecule has 0 heterocycles. The van der Waals surface area contributed by atoms with Gasteiger partial charge < -0.3 is 24.8 Å². The summed E-state index contributed by atoms with van der Waals surface area (Å²) >= 11 is 0. The Kier molecular flexibility index (Phi) is 9.21. The lowest BCUT2D eigenvalue weighted by molar-refractivity contribution is -0.139. The zero-order valence-corrected chi connectivity index (χ0v) is 19.2. The number of anilines is 2. The molecule has 9 heteroatoms. The number of hydrogen-bond acceptors (Lipinski definition) is 5. The summed E-state index contributed by atoms with van der Waals surface area (Å²) in [4.78, 5) is 25.9. The van der Waals surface area contributed by atoms with Crippen molar-refractivity contribution in [3.8, 4) is 5.75 Å². The number of benzene rings is 2. The molecule has 1 aliphatic rings. The minimum Gasteiger partial charge on any atom is -0.482 e. The minimum absolute atomic E-state index is 0.0715. The van der Waals surface area contributed by atoms with Crippen molar-refractivity contribution in [1.82, 2.24) is 0 Å². The first-order valence-corrected chi connectivity index (χ1v) is 11.4. The Balaban J connectivity index is 1.89. The van der Waals surface area contributed by atoms with Gasteiger partial charge in [-0.2, -0.15) is 0 Å². The van der Waals surface area contributed by atoms with E-state index in [0.29, 0.717) is 18.8 Å². The average Bonchev–Trinajstić information content (AvgIpc) is 2.81. The number of carboxylic acid groups (broad SMARTS) is 1. The predicted molar refractivity (Wildman–Crippen MR) is 124 cm³/mol. The number of rotatable bonds is 11. The monoisotopic (exact) mass is 476 g/mol. The topological polar surface area (TPSA) is 88.1 Å². The van der Waals surface area contributed by atoms with Crippen molar-refractivity contribution in [2.45, 2.75) is 44.6 Å². The van der Waals surface area contributed by atoms with E-state index < -0.39 is 30.1 Å². The largest absolute Gasteiger partial charge is 0.482 e. The Hall–Kier alpha value is -3.20. The standard InChI is InChI=1S/C25H30F2N2O5/c1-33-12-11-29(19-5-3-2-4-6-19)23-10-9-20(34-16-25(31)32)15-22(23)28-24(30)13-17-7-8-18(26)14-21(17)27/h7-10,14-15,19H,2-6,11-13,16H2,1H3,(H,28,30)(H,31,32). The summed E-state index contributed by atoms with van der Waals surface area (Å²) in [6.45, 7) is 0.567. The number of carboxylic acids is 1. The number of amides is 1. The van der Waals surface area contributed by atoms with Gasteiger partial charge in [-0.15, -0.1) is 0 Å². The van der Waals surface area contributed by atoms with Gasteiger partial charge in [-0.25, -0.2) is 13.6 Å². The van der Waals surface area contributed by atoms with Crippen LogP contribution in [0, 0.1) is 11.6 Å². The van der Waals surface area contributed by atoms with Gasteiger partial charge in [-0.05, 0) is 36.6 Å². The fourth-order valence-electron chi connectivity index (χ4n) is 4.22. The fourth-order valence-corrected chi connectivity index (χ4v) is 4.22. The molecule has 7 nitrogen and oxygen atoms in total. The lowest BCUT2D eigenvalue weighted by atomic mass is 9.93. The number of carbonyl (C=O) groups excluding carboxylic acids is 1. The smallest absolute Gasteiger partial charge is 0.341 e. The first kappa shape index (κ1) is 25.4. The van der Waals surface area contributed by atoms with E-state index in [9.17, 15) is 18.4 Å². The molecule has 0 atom stereocenters. The predicted octanol–water partition coefficient (Wildman–Crippen LogP) is 4.39. The summed E-state index contributed by atoms with van der Waals surface area (Å²) in [5, 5.41) is 11.7. The highest BCUT2D eigenvalue weighted by Crippen LogP contribution is 2.35. The third kappa shape index (κ3) is 7.15. The van der Waals surface area contributed by atoms with E-state index in [1.165, 1.54) is 12.5 Å². The summed E-state index contributed by atoms with van der Waals surface area (Å²) in [7, 11) is 1.63. The number of nitrogens with one attached hydrogen (secondary N) is 1. The van der Waals surface area contributed by atoms with E-state index >= 15 is 0 Å². The number of nitrogens with zero attached hydrogens (tertiary/aromatic N) is 1. The van der Waals surface area contributed by atoms with E-state index in [1.54, 1.807) is 25.3 Å². The van der Waals surface area contributed by atoms with Crippen LogP contribution in [0.4, 0.5) is 20.2 Å². The molecule has 184 valence electrons. The SMILES string of the molecule is COCCN(c1ccc(OCC(=O)O)cc1NC(=O)Cc1ccc(F)cc1F)C1CCCCC1. The summed E-state index contributed by atoms with van der Waals surface area (Å²) in [6, 6.07) is 8.37. The molecule has 34 heavy (non-hydrogen) atoms. The molecular weight excluding hydrogens is 446 g/mol. The number of aliphatic carboxylic acids is 1. The average molecular weight is 477 g/mol. The summed E-state index contributed by atoms with van der Waals surface area (Å²) in [5.74, 6) is -2.83. The minimum atomic E-state index is -1.12. The van der Waals surface area contributed by atoms with Gasteiger partial charge in [0, 0.05) is 31.8 Å². The van der Waals surface area contributed by atoms with Crippen molar-refractivity contribution in [1.29, 1.82) is 0 Å². The number of carbonyl (C=O) groups is 2. The maximum atomic E-state index is 14.1. The Morgan fingerprint density at radius 2 is 1.88 bits per heavy atom. The van der Waals surface area contributed by atoms with Crippen LogP contribution in [0.5, 0.6) is 5.75 Å².